The molecule has 3 heteroatoms. The maximum Gasteiger partial charge on any atom is 0.202 e. The van der Waals surface area contributed by atoms with Crippen LogP contribution in [0.25, 0.3) is 0 Å². The van der Waals surface area contributed by atoms with E-state index in [1.807, 2.05) is 18.2 Å². The van der Waals surface area contributed by atoms with Crippen LogP contribution in [0.15, 0.2) is 30.3 Å². The minimum Gasteiger partial charge on any atom is -0.373 e. The molecule has 4 atom stereocenters. The van der Waals surface area contributed by atoms with Crippen LogP contribution < -0.4 is 0 Å². The second kappa shape index (κ2) is 5.52. The van der Waals surface area contributed by atoms with E-state index in [-0.39, 0.29) is 34.4 Å². The lowest BCUT2D eigenvalue weighted by molar-refractivity contribution is -0.173. The lowest BCUT2D eigenvalue weighted by Crippen LogP contribution is -2.58. The zero-order valence-electron chi connectivity index (χ0n) is 14.6. The quantitative estimate of drug-likeness (QED) is 0.790. The van der Waals surface area contributed by atoms with Crippen molar-refractivity contribution in [1.82, 2.24) is 0 Å². The highest BCUT2D eigenvalue weighted by atomic mass is 16.5. The van der Waals surface area contributed by atoms with Crippen LogP contribution in [0, 0.1) is 22.7 Å². The highest BCUT2D eigenvalue weighted by molar-refractivity contribution is 6.39. The molecule has 1 aromatic rings. The number of hydrogen-bond acceptors (Lipinski definition) is 3. The van der Waals surface area contributed by atoms with Crippen molar-refractivity contribution in [2.75, 3.05) is 0 Å². The van der Waals surface area contributed by atoms with Crippen LogP contribution in [0.2, 0.25) is 0 Å². The van der Waals surface area contributed by atoms with E-state index < -0.39 is 0 Å². The molecule has 0 unspecified atom stereocenters. The van der Waals surface area contributed by atoms with Gasteiger partial charge in [0, 0.05) is 17.8 Å². The number of benzene rings is 1. The van der Waals surface area contributed by atoms with E-state index in [2.05, 4.69) is 26.0 Å². The molecule has 0 aromatic heterocycles. The van der Waals surface area contributed by atoms with Crippen molar-refractivity contribution in [3.63, 3.8) is 0 Å². The van der Waals surface area contributed by atoms with Crippen LogP contribution in [0.1, 0.15) is 51.5 Å². The Kier molecular flexibility index (Phi) is 3.68. The molecule has 0 saturated heterocycles. The van der Waals surface area contributed by atoms with Gasteiger partial charge in [-0.1, -0.05) is 44.2 Å². The molecule has 3 saturated carbocycles. The van der Waals surface area contributed by atoms with Gasteiger partial charge in [-0.3, -0.25) is 9.59 Å². The van der Waals surface area contributed by atoms with E-state index in [1.54, 1.807) is 0 Å². The Morgan fingerprint density at radius 1 is 1.12 bits per heavy atom. The van der Waals surface area contributed by atoms with Crippen molar-refractivity contribution in [1.29, 1.82) is 0 Å². The molecule has 0 heterocycles. The number of carbonyl (C=O) groups is 2. The van der Waals surface area contributed by atoms with E-state index in [9.17, 15) is 9.59 Å². The highest BCUT2D eigenvalue weighted by Gasteiger charge is 2.65. The third-order valence-electron chi connectivity index (χ3n) is 6.86. The Morgan fingerprint density at radius 2 is 1.88 bits per heavy atom. The Morgan fingerprint density at radius 3 is 2.62 bits per heavy atom. The summed E-state index contributed by atoms with van der Waals surface area (Å²) in [6.07, 6.45) is 4.66. The maximum absolute atomic E-state index is 12.8. The molecule has 0 radical (unpaired) electrons. The molecule has 0 N–H and O–H groups in total. The van der Waals surface area contributed by atoms with Crippen molar-refractivity contribution >= 4 is 11.6 Å². The topological polar surface area (TPSA) is 43.4 Å². The zero-order chi connectivity index (χ0) is 16.9. The first-order valence-electron chi connectivity index (χ1n) is 9.17. The van der Waals surface area contributed by atoms with Crippen LogP contribution in [0.3, 0.4) is 0 Å². The number of hydrogen-bond donors (Lipinski definition) is 0. The predicted octanol–water partition coefficient (Wildman–Crippen LogP) is 3.95. The Hall–Kier alpha value is -1.48. The fraction of sp³-hybridized carbons (Fsp3) is 0.619. The normalized spacial score (nSPS) is 37.3. The van der Waals surface area contributed by atoms with Crippen molar-refractivity contribution in [2.45, 2.75) is 58.7 Å². The van der Waals surface area contributed by atoms with Gasteiger partial charge in [0.2, 0.25) is 5.78 Å². The standard InChI is InChI=1S/C21H26O3/c1-20(2)18-17(23)16(22)9-11-21(18)10-8-15(12-21)19(20)24-13-14-6-4-3-5-7-14/h3-7,15,18-19H,8-13H2,1-2H3/t15-,18-,19-,21-/m0/s1. The molecule has 24 heavy (non-hydrogen) atoms. The predicted molar refractivity (Wildman–Crippen MR) is 91.3 cm³/mol. The van der Waals surface area contributed by atoms with Gasteiger partial charge in [-0.15, -0.1) is 0 Å². The number of rotatable bonds is 3. The molecule has 3 aliphatic rings. The molecule has 2 bridgehead atoms. The van der Waals surface area contributed by atoms with Gasteiger partial charge in [0.1, 0.15) is 0 Å². The average molecular weight is 326 g/mol. The monoisotopic (exact) mass is 326 g/mol. The first kappa shape index (κ1) is 16.0. The van der Waals surface area contributed by atoms with Crippen molar-refractivity contribution in [2.24, 2.45) is 22.7 Å². The fourth-order valence-corrected chi connectivity index (χ4v) is 6.03. The van der Waals surface area contributed by atoms with Gasteiger partial charge in [0.25, 0.3) is 0 Å². The SMILES string of the molecule is CC1(C)[C@@H](OCc2ccccc2)[C@H]2CC[C@]3(CCC(=O)C(=O)[C@@H]13)C2. The van der Waals surface area contributed by atoms with Crippen molar-refractivity contribution < 1.29 is 14.3 Å². The van der Waals surface area contributed by atoms with Gasteiger partial charge in [-0.25, -0.2) is 0 Å². The molecule has 3 nitrogen and oxygen atoms in total. The van der Waals surface area contributed by atoms with Crippen LogP contribution in [-0.4, -0.2) is 17.7 Å². The first-order valence-corrected chi connectivity index (χ1v) is 9.17. The molecule has 0 aliphatic heterocycles. The molecule has 1 spiro atoms. The zero-order valence-corrected chi connectivity index (χ0v) is 14.6. The smallest absolute Gasteiger partial charge is 0.202 e. The van der Waals surface area contributed by atoms with Gasteiger partial charge in [-0.05, 0) is 42.6 Å². The van der Waals surface area contributed by atoms with Crippen LogP contribution in [-0.2, 0) is 20.9 Å². The molecule has 3 fully saturated rings. The summed E-state index contributed by atoms with van der Waals surface area (Å²) in [7, 11) is 0. The summed E-state index contributed by atoms with van der Waals surface area (Å²) in [4.78, 5) is 24.9. The molecule has 3 aliphatic carbocycles. The summed E-state index contributed by atoms with van der Waals surface area (Å²) in [5.74, 6) is 0.0671. The van der Waals surface area contributed by atoms with E-state index in [0.717, 1.165) is 31.2 Å². The number of carbonyl (C=O) groups excluding carboxylic acids is 2. The van der Waals surface area contributed by atoms with Crippen LogP contribution in [0.5, 0.6) is 0 Å². The second-order valence-corrected chi connectivity index (χ2v) is 8.62. The van der Waals surface area contributed by atoms with Gasteiger partial charge < -0.3 is 4.74 Å². The van der Waals surface area contributed by atoms with Gasteiger partial charge in [0.15, 0.2) is 5.78 Å². The van der Waals surface area contributed by atoms with Crippen LogP contribution >= 0.6 is 0 Å². The lowest BCUT2D eigenvalue weighted by atomic mass is 9.50. The molecule has 4 rings (SSSR count). The third kappa shape index (κ3) is 2.28. The largest absolute Gasteiger partial charge is 0.373 e. The number of Topliss-reactive ketones (excluding diaryl/α,β-unsaturated/α-hetero) is 2. The molecular weight excluding hydrogens is 300 g/mol. The van der Waals surface area contributed by atoms with Crippen molar-refractivity contribution in [3.05, 3.63) is 35.9 Å². The number of ketones is 2. The van der Waals surface area contributed by atoms with Crippen LogP contribution in [0.4, 0.5) is 0 Å². The summed E-state index contributed by atoms with van der Waals surface area (Å²) in [6, 6.07) is 10.2. The van der Waals surface area contributed by atoms with E-state index in [0.29, 0.717) is 18.9 Å². The van der Waals surface area contributed by atoms with E-state index in [1.165, 1.54) is 0 Å². The molecule has 128 valence electrons. The Labute approximate surface area is 143 Å². The summed E-state index contributed by atoms with van der Waals surface area (Å²) in [5.41, 5.74) is 0.946. The van der Waals surface area contributed by atoms with Gasteiger partial charge in [0.05, 0.1) is 12.7 Å². The molecule has 1 aromatic carbocycles. The van der Waals surface area contributed by atoms with E-state index in [4.69, 9.17) is 4.74 Å². The highest BCUT2D eigenvalue weighted by Crippen LogP contribution is 2.65. The number of ether oxygens (including phenoxy) is 1. The summed E-state index contributed by atoms with van der Waals surface area (Å²) in [5, 5.41) is 0. The summed E-state index contributed by atoms with van der Waals surface area (Å²) >= 11 is 0. The maximum atomic E-state index is 12.8. The van der Waals surface area contributed by atoms with Gasteiger partial charge in [-0.2, -0.15) is 0 Å². The Bertz CT molecular complexity index is 663. The fourth-order valence-electron chi connectivity index (χ4n) is 6.03. The summed E-state index contributed by atoms with van der Waals surface area (Å²) < 4.78 is 6.38. The molecule has 0 amide bonds. The first-order chi connectivity index (χ1) is 11.4. The Balaban J connectivity index is 1.62. The van der Waals surface area contributed by atoms with E-state index >= 15 is 0 Å². The minimum absolute atomic E-state index is 0.0492. The third-order valence-corrected chi connectivity index (χ3v) is 6.86. The van der Waals surface area contributed by atoms with Crippen molar-refractivity contribution in [3.8, 4) is 0 Å². The second-order valence-electron chi connectivity index (χ2n) is 8.62. The van der Waals surface area contributed by atoms with Gasteiger partial charge >= 0.3 is 0 Å². The average Bonchev–Trinajstić information content (AvgIpc) is 2.92. The summed E-state index contributed by atoms with van der Waals surface area (Å²) in [6.45, 7) is 4.87. The minimum atomic E-state index is -0.276. The number of fused-ring (bicyclic) bond motifs is 1. The molecular formula is C21H26O3. The lowest BCUT2D eigenvalue weighted by Gasteiger charge is -2.55.